The lowest BCUT2D eigenvalue weighted by Gasteiger charge is -1.99. The summed E-state index contributed by atoms with van der Waals surface area (Å²) >= 11 is 0. The molecule has 0 aliphatic rings. The van der Waals surface area contributed by atoms with Crippen LogP contribution in [0.2, 0.25) is 0 Å². The summed E-state index contributed by atoms with van der Waals surface area (Å²) in [6, 6.07) is 10.1. The molecule has 0 aliphatic heterocycles. The zero-order chi connectivity index (χ0) is 10.5. The molecule has 0 atom stereocenters. The Kier molecular flexibility index (Phi) is 3.15. The van der Waals surface area contributed by atoms with Crippen LogP contribution in [0.3, 0.4) is 0 Å². The van der Waals surface area contributed by atoms with Gasteiger partial charge in [-0.1, -0.05) is 35.5 Å². The van der Waals surface area contributed by atoms with Crippen LogP contribution in [0.15, 0.2) is 41.1 Å². The van der Waals surface area contributed by atoms with E-state index in [-0.39, 0.29) is 0 Å². The first-order valence-corrected chi connectivity index (χ1v) is 5.10. The number of hydrogen-bond donors (Lipinski definition) is 1. The summed E-state index contributed by atoms with van der Waals surface area (Å²) < 4.78 is 5.01. The summed E-state index contributed by atoms with van der Waals surface area (Å²) in [5.41, 5.74) is 8.69. The summed E-state index contributed by atoms with van der Waals surface area (Å²) in [6.45, 7) is 0.682. The number of aryl methyl sites for hydroxylation is 1. The van der Waals surface area contributed by atoms with Crippen molar-refractivity contribution in [2.24, 2.45) is 5.73 Å². The number of aromatic nitrogens is 1. The van der Waals surface area contributed by atoms with E-state index >= 15 is 0 Å². The van der Waals surface area contributed by atoms with Crippen molar-refractivity contribution in [3.63, 3.8) is 0 Å². The fraction of sp³-hybridized carbons (Fsp3) is 0.250. The van der Waals surface area contributed by atoms with E-state index in [4.69, 9.17) is 10.3 Å². The molecule has 1 heterocycles. The highest BCUT2D eigenvalue weighted by molar-refractivity contribution is 5.64. The molecule has 0 saturated heterocycles. The molecular weight excluding hydrogens is 188 g/mol. The second-order valence-electron chi connectivity index (χ2n) is 3.43. The maximum absolute atomic E-state index is 5.48. The Hall–Kier alpha value is -1.61. The van der Waals surface area contributed by atoms with Crippen LogP contribution < -0.4 is 5.73 Å². The van der Waals surface area contributed by atoms with Gasteiger partial charge in [0, 0.05) is 5.56 Å². The van der Waals surface area contributed by atoms with E-state index in [1.54, 1.807) is 6.26 Å². The van der Waals surface area contributed by atoms with Gasteiger partial charge in [0.1, 0.15) is 6.26 Å². The molecule has 2 aromatic rings. The third-order valence-electron chi connectivity index (χ3n) is 2.35. The first-order chi connectivity index (χ1) is 7.42. The third-order valence-corrected chi connectivity index (χ3v) is 2.35. The van der Waals surface area contributed by atoms with Gasteiger partial charge in [0.2, 0.25) is 0 Å². The van der Waals surface area contributed by atoms with Gasteiger partial charge in [0.05, 0.1) is 5.69 Å². The van der Waals surface area contributed by atoms with Crippen molar-refractivity contribution < 1.29 is 4.52 Å². The zero-order valence-electron chi connectivity index (χ0n) is 8.52. The quantitative estimate of drug-likeness (QED) is 0.827. The van der Waals surface area contributed by atoms with Crippen LogP contribution in [-0.4, -0.2) is 11.7 Å². The van der Waals surface area contributed by atoms with E-state index < -0.39 is 0 Å². The molecule has 0 saturated carbocycles. The van der Waals surface area contributed by atoms with Gasteiger partial charge < -0.3 is 10.3 Å². The smallest absolute Gasteiger partial charge is 0.131 e. The molecule has 15 heavy (non-hydrogen) atoms. The minimum absolute atomic E-state index is 0.682. The molecule has 0 radical (unpaired) electrons. The lowest BCUT2D eigenvalue weighted by Crippen LogP contribution is -2.01. The summed E-state index contributed by atoms with van der Waals surface area (Å²) in [6.07, 6.45) is 3.50. The van der Waals surface area contributed by atoms with Gasteiger partial charge >= 0.3 is 0 Å². The molecule has 3 heteroatoms. The van der Waals surface area contributed by atoms with Crippen molar-refractivity contribution in [2.75, 3.05) is 6.54 Å². The Balaban J connectivity index is 2.25. The van der Waals surface area contributed by atoms with Crippen molar-refractivity contribution in [2.45, 2.75) is 12.8 Å². The molecule has 0 bridgehead atoms. The minimum Gasteiger partial charge on any atom is -0.364 e. The van der Waals surface area contributed by atoms with Gasteiger partial charge in [0.15, 0.2) is 0 Å². The molecule has 2 rings (SSSR count). The number of benzene rings is 1. The van der Waals surface area contributed by atoms with E-state index in [0.717, 1.165) is 29.7 Å². The molecule has 0 spiro atoms. The molecule has 0 amide bonds. The van der Waals surface area contributed by atoms with Crippen molar-refractivity contribution in [1.82, 2.24) is 5.16 Å². The Labute approximate surface area is 88.9 Å². The first-order valence-electron chi connectivity index (χ1n) is 5.10. The first kappa shape index (κ1) is 9.93. The SMILES string of the molecule is NCCCc1nocc1-c1ccccc1. The summed E-state index contributed by atoms with van der Waals surface area (Å²) in [4.78, 5) is 0. The van der Waals surface area contributed by atoms with Crippen molar-refractivity contribution in [3.05, 3.63) is 42.3 Å². The van der Waals surface area contributed by atoms with E-state index in [0.29, 0.717) is 6.54 Å². The normalized spacial score (nSPS) is 10.5. The molecule has 0 aliphatic carbocycles. The second kappa shape index (κ2) is 4.75. The van der Waals surface area contributed by atoms with Crippen LogP contribution in [0.5, 0.6) is 0 Å². The highest BCUT2D eigenvalue weighted by Gasteiger charge is 2.08. The third kappa shape index (κ3) is 2.25. The highest BCUT2D eigenvalue weighted by Crippen LogP contribution is 2.23. The van der Waals surface area contributed by atoms with Gasteiger partial charge in [-0.3, -0.25) is 0 Å². The molecule has 0 fully saturated rings. The molecule has 78 valence electrons. The fourth-order valence-corrected chi connectivity index (χ4v) is 1.56. The average molecular weight is 202 g/mol. The monoisotopic (exact) mass is 202 g/mol. The Morgan fingerprint density at radius 3 is 2.73 bits per heavy atom. The lowest BCUT2D eigenvalue weighted by molar-refractivity contribution is 0.411. The predicted molar refractivity (Wildman–Crippen MR) is 59.3 cm³/mol. The topological polar surface area (TPSA) is 52.0 Å². The Morgan fingerprint density at radius 1 is 1.20 bits per heavy atom. The number of nitrogens with zero attached hydrogens (tertiary/aromatic N) is 1. The summed E-state index contributed by atoms with van der Waals surface area (Å²) in [7, 11) is 0. The van der Waals surface area contributed by atoms with Gasteiger partial charge in [-0.25, -0.2) is 0 Å². The van der Waals surface area contributed by atoms with E-state index in [9.17, 15) is 0 Å². The van der Waals surface area contributed by atoms with Crippen LogP contribution in [0.4, 0.5) is 0 Å². The Bertz CT molecular complexity index is 409. The Morgan fingerprint density at radius 2 is 2.00 bits per heavy atom. The highest BCUT2D eigenvalue weighted by atomic mass is 16.5. The van der Waals surface area contributed by atoms with Crippen molar-refractivity contribution in [3.8, 4) is 11.1 Å². The van der Waals surface area contributed by atoms with E-state index in [2.05, 4.69) is 17.3 Å². The van der Waals surface area contributed by atoms with Crippen LogP contribution in [0.1, 0.15) is 12.1 Å². The maximum Gasteiger partial charge on any atom is 0.131 e. The molecule has 0 unspecified atom stereocenters. The van der Waals surface area contributed by atoms with Crippen LogP contribution in [-0.2, 0) is 6.42 Å². The molecule has 3 nitrogen and oxygen atoms in total. The molecule has 1 aromatic heterocycles. The molecular formula is C12H14N2O. The predicted octanol–water partition coefficient (Wildman–Crippen LogP) is 2.23. The number of nitrogens with two attached hydrogens (primary N) is 1. The van der Waals surface area contributed by atoms with Crippen molar-refractivity contribution in [1.29, 1.82) is 0 Å². The average Bonchev–Trinajstić information content (AvgIpc) is 2.75. The largest absolute Gasteiger partial charge is 0.364 e. The summed E-state index contributed by atoms with van der Waals surface area (Å²) in [5, 5.41) is 4.00. The van der Waals surface area contributed by atoms with Crippen LogP contribution in [0.25, 0.3) is 11.1 Å². The lowest BCUT2D eigenvalue weighted by atomic mass is 10.0. The number of hydrogen-bond acceptors (Lipinski definition) is 3. The fourth-order valence-electron chi connectivity index (χ4n) is 1.56. The van der Waals surface area contributed by atoms with Crippen LogP contribution in [0, 0.1) is 0 Å². The minimum atomic E-state index is 0.682. The van der Waals surface area contributed by atoms with Gasteiger partial charge in [-0.2, -0.15) is 0 Å². The van der Waals surface area contributed by atoms with E-state index in [1.165, 1.54) is 0 Å². The van der Waals surface area contributed by atoms with Gasteiger partial charge in [0.25, 0.3) is 0 Å². The number of rotatable bonds is 4. The second-order valence-corrected chi connectivity index (χ2v) is 3.43. The summed E-state index contributed by atoms with van der Waals surface area (Å²) in [5.74, 6) is 0. The molecule has 2 N–H and O–H groups in total. The van der Waals surface area contributed by atoms with Crippen molar-refractivity contribution >= 4 is 0 Å². The van der Waals surface area contributed by atoms with Gasteiger partial charge in [-0.05, 0) is 24.9 Å². The van der Waals surface area contributed by atoms with Gasteiger partial charge in [-0.15, -0.1) is 0 Å². The zero-order valence-corrected chi connectivity index (χ0v) is 8.52. The maximum atomic E-state index is 5.48. The standard InChI is InChI=1S/C12H14N2O/c13-8-4-7-12-11(9-15-14-12)10-5-2-1-3-6-10/h1-3,5-6,9H,4,7-8,13H2. The van der Waals surface area contributed by atoms with Crippen LogP contribution >= 0.6 is 0 Å². The molecule has 1 aromatic carbocycles. The van der Waals surface area contributed by atoms with E-state index in [1.807, 2.05) is 18.2 Å².